The number of carbonyl (C=O) groups is 2. The van der Waals surface area contributed by atoms with Gasteiger partial charge in [-0.1, -0.05) is 0 Å². The van der Waals surface area contributed by atoms with Gasteiger partial charge >= 0.3 is 5.97 Å². The van der Waals surface area contributed by atoms with Gasteiger partial charge in [-0.25, -0.2) is 0 Å². The quantitative estimate of drug-likeness (QED) is 0.676. The van der Waals surface area contributed by atoms with E-state index in [2.05, 4.69) is 5.32 Å². The summed E-state index contributed by atoms with van der Waals surface area (Å²) >= 11 is 0. The average Bonchev–Trinajstić information content (AvgIpc) is 3.28. The Bertz CT molecular complexity index is 325. The first-order valence-corrected chi connectivity index (χ1v) is 6.89. The number of morpholine rings is 1. The molecule has 0 bridgehead atoms. The fourth-order valence-electron chi connectivity index (χ4n) is 2.30. The van der Waals surface area contributed by atoms with Crippen molar-refractivity contribution in [2.24, 2.45) is 5.92 Å². The Morgan fingerprint density at radius 2 is 2.05 bits per heavy atom. The van der Waals surface area contributed by atoms with Crippen molar-refractivity contribution < 1.29 is 19.1 Å². The lowest BCUT2D eigenvalue weighted by atomic mass is 10.2. The smallest absolute Gasteiger partial charge is 0.323 e. The maximum Gasteiger partial charge on any atom is 0.323 e. The molecule has 0 aromatic rings. The van der Waals surface area contributed by atoms with Crippen LogP contribution in [0.5, 0.6) is 0 Å². The molecule has 0 aromatic heterocycles. The molecule has 19 heavy (non-hydrogen) atoms. The number of nitrogens with one attached hydrogen (secondary N) is 1. The van der Waals surface area contributed by atoms with Gasteiger partial charge in [0, 0.05) is 26.1 Å². The van der Waals surface area contributed by atoms with E-state index in [9.17, 15) is 9.59 Å². The molecule has 2 aliphatic rings. The molecule has 1 atom stereocenters. The number of rotatable bonds is 6. The van der Waals surface area contributed by atoms with Gasteiger partial charge in [0.1, 0.15) is 6.04 Å². The van der Waals surface area contributed by atoms with E-state index in [-0.39, 0.29) is 17.9 Å². The second kappa shape index (κ2) is 6.86. The molecule has 1 aliphatic carbocycles. The molecular weight excluding hydrogens is 248 g/mol. The van der Waals surface area contributed by atoms with E-state index in [0.717, 1.165) is 12.8 Å². The molecule has 1 aliphatic heterocycles. The summed E-state index contributed by atoms with van der Waals surface area (Å²) in [6.45, 7) is 3.09. The van der Waals surface area contributed by atoms with Gasteiger partial charge in [-0.05, 0) is 18.8 Å². The first-order chi connectivity index (χ1) is 9.22. The molecule has 6 heteroatoms. The molecule has 2 rings (SSSR count). The van der Waals surface area contributed by atoms with E-state index in [4.69, 9.17) is 9.47 Å². The summed E-state index contributed by atoms with van der Waals surface area (Å²) in [6.07, 6.45) is 2.54. The van der Waals surface area contributed by atoms with Gasteiger partial charge in [0.05, 0.1) is 20.3 Å². The first-order valence-electron chi connectivity index (χ1n) is 6.89. The number of hydrogen-bond acceptors (Lipinski definition) is 5. The van der Waals surface area contributed by atoms with Crippen LogP contribution in [0.3, 0.4) is 0 Å². The van der Waals surface area contributed by atoms with Crippen LogP contribution in [0.4, 0.5) is 0 Å². The predicted molar refractivity (Wildman–Crippen MR) is 68.5 cm³/mol. The number of carbonyl (C=O) groups excluding carboxylic acids is 2. The van der Waals surface area contributed by atoms with Crippen LogP contribution in [0, 0.1) is 5.92 Å². The minimum atomic E-state index is -0.248. The zero-order chi connectivity index (χ0) is 13.7. The Kier molecular flexibility index (Phi) is 5.15. The lowest BCUT2D eigenvalue weighted by Gasteiger charge is -2.27. The summed E-state index contributed by atoms with van der Waals surface area (Å²) in [7, 11) is 1.40. The summed E-state index contributed by atoms with van der Waals surface area (Å²) in [5.41, 5.74) is 0. The third-order valence-electron chi connectivity index (χ3n) is 3.62. The molecule has 1 N–H and O–H groups in total. The zero-order valence-corrected chi connectivity index (χ0v) is 11.4. The molecule has 1 saturated heterocycles. The zero-order valence-electron chi connectivity index (χ0n) is 11.4. The Balaban J connectivity index is 1.69. The number of amides is 1. The standard InChI is InChI=1S/C13H22N2O4/c1-18-13(17)12(10-2-3-10)14-5-4-11(16)15-6-8-19-9-7-15/h10,12,14H,2-9H2,1H3. The van der Waals surface area contributed by atoms with Crippen LogP contribution in [-0.4, -0.2) is 62.8 Å². The Morgan fingerprint density at radius 1 is 1.37 bits per heavy atom. The monoisotopic (exact) mass is 270 g/mol. The van der Waals surface area contributed by atoms with Gasteiger partial charge in [-0.15, -0.1) is 0 Å². The summed E-state index contributed by atoms with van der Waals surface area (Å²) in [4.78, 5) is 25.3. The first kappa shape index (κ1) is 14.3. The Labute approximate surface area is 113 Å². The van der Waals surface area contributed by atoms with Crippen molar-refractivity contribution in [3.63, 3.8) is 0 Å². The lowest BCUT2D eigenvalue weighted by Crippen LogP contribution is -2.44. The SMILES string of the molecule is COC(=O)C(NCCC(=O)N1CCOCC1)C1CC1. The lowest BCUT2D eigenvalue weighted by molar-refractivity contribution is -0.144. The van der Waals surface area contributed by atoms with E-state index < -0.39 is 0 Å². The van der Waals surface area contributed by atoms with E-state index in [0.29, 0.717) is 45.2 Å². The maximum atomic E-state index is 11.9. The topological polar surface area (TPSA) is 67.9 Å². The minimum absolute atomic E-state index is 0.121. The van der Waals surface area contributed by atoms with E-state index in [1.807, 2.05) is 4.90 Å². The summed E-state index contributed by atoms with van der Waals surface area (Å²) in [5, 5.41) is 3.15. The molecule has 1 heterocycles. The molecule has 1 unspecified atom stereocenters. The fraction of sp³-hybridized carbons (Fsp3) is 0.846. The Hall–Kier alpha value is -1.14. The number of nitrogens with zero attached hydrogens (tertiary/aromatic N) is 1. The number of methoxy groups -OCH3 is 1. The van der Waals surface area contributed by atoms with Crippen molar-refractivity contribution in [1.82, 2.24) is 10.2 Å². The van der Waals surface area contributed by atoms with Crippen LogP contribution in [0.1, 0.15) is 19.3 Å². The van der Waals surface area contributed by atoms with E-state index in [1.54, 1.807) is 0 Å². The van der Waals surface area contributed by atoms with Crippen LogP contribution in [-0.2, 0) is 19.1 Å². The largest absolute Gasteiger partial charge is 0.468 e. The highest BCUT2D eigenvalue weighted by molar-refractivity contribution is 5.78. The van der Waals surface area contributed by atoms with Gasteiger partial charge in [-0.2, -0.15) is 0 Å². The molecule has 0 aromatic carbocycles. The van der Waals surface area contributed by atoms with Crippen molar-refractivity contribution in [2.75, 3.05) is 40.0 Å². The molecule has 0 spiro atoms. The third-order valence-corrected chi connectivity index (χ3v) is 3.62. The van der Waals surface area contributed by atoms with E-state index >= 15 is 0 Å². The Morgan fingerprint density at radius 3 is 2.63 bits per heavy atom. The molecule has 6 nitrogen and oxygen atoms in total. The number of hydrogen-bond donors (Lipinski definition) is 1. The van der Waals surface area contributed by atoms with Crippen molar-refractivity contribution in [3.8, 4) is 0 Å². The molecule has 108 valence electrons. The highest BCUT2D eigenvalue weighted by Gasteiger charge is 2.36. The van der Waals surface area contributed by atoms with Crippen molar-refractivity contribution >= 4 is 11.9 Å². The normalized spacial score (nSPS) is 21.0. The second-order valence-corrected chi connectivity index (χ2v) is 5.04. The van der Waals surface area contributed by atoms with Crippen LogP contribution in [0.15, 0.2) is 0 Å². The van der Waals surface area contributed by atoms with Gasteiger partial charge in [-0.3, -0.25) is 9.59 Å². The van der Waals surface area contributed by atoms with Crippen LogP contribution in [0.25, 0.3) is 0 Å². The summed E-state index contributed by atoms with van der Waals surface area (Å²) in [5.74, 6) is 0.280. The van der Waals surface area contributed by atoms with Gasteiger partial charge in [0.2, 0.25) is 5.91 Å². The van der Waals surface area contributed by atoms with Crippen LogP contribution in [0.2, 0.25) is 0 Å². The fourth-order valence-corrected chi connectivity index (χ4v) is 2.30. The number of esters is 1. The van der Waals surface area contributed by atoms with Crippen molar-refractivity contribution in [2.45, 2.75) is 25.3 Å². The predicted octanol–water partition coefficient (Wildman–Crippen LogP) is -0.223. The van der Waals surface area contributed by atoms with Gasteiger partial charge < -0.3 is 19.7 Å². The molecule has 1 amide bonds. The van der Waals surface area contributed by atoms with E-state index in [1.165, 1.54) is 7.11 Å². The van der Waals surface area contributed by atoms with Crippen molar-refractivity contribution in [3.05, 3.63) is 0 Å². The van der Waals surface area contributed by atoms with Gasteiger partial charge in [0.25, 0.3) is 0 Å². The number of ether oxygens (including phenoxy) is 2. The highest BCUT2D eigenvalue weighted by atomic mass is 16.5. The van der Waals surface area contributed by atoms with Gasteiger partial charge in [0.15, 0.2) is 0 Å². The molecule has 0 radical (unpaired) electrons. The summed E-state index contributed by atoms with van der Waals surface area (Å²) < 4.78 is 9.98. The molecule has 1 saturated carbocycles. The van der Waals surface area contributed by atoms with Crippen molar-refractivity contribution in [1.29, 1.82) is 0 Å². The minimum Gasteiger partial charge on any atom is -0.468 e. The molecule has 2 fully saturated rings. The highest BCUT2D eigenvalue weighted by Crippen LogP contribution is 2.33. The average molecular weight is 270 g/mol. The summed E-state index contributed by atoms with van der Waals surface area (Å²) in [6, 6.07) is -0.248. The second-order valence-electron chi connectivity index (χ2n) is 5.04. The maximum absolute atomic E-state index is 11.9. The van der Waals surface area contributed by atoms with Crippen LogP contribution < -0.4 is 5.32 Å². The third kappa shape index (κ3) is 4.18. The molecular formula is C13H22N2O4. The van der Waals surface area contributed by atoms with Crippen LogP contribution >= 0.6 is 0 Å².